The van der Waals surface area contributed by atoms with Crippen molar-refractivity contribution in [2.24, 2.45) is 4.99 Å². The maximum atomic E-state index is 12.0. The minimum absolute atomic E-state index is 0.0835. The number of hydrogen-bond acceptors (Lipinski definition) is 5. The summed E-state index contributed by atoms with van der Waals surface area (Å²) in [5.41, 5.74) is 2.22. The van der Waals surface area contributed by atoms with Gasteiger partial charge < -0.3 is 4.90 Å². The Hall–Kier alpha value is -1.31. The number of halogens is 1. The molecule has 2 aliphatic rings. The maximum absolute atomic E-state index is 12.0. The molecule has 2 heterocycles. The van der Waals surface area contributed by atoms with Gasteiger partial charge in [0.15, 0.2) is 15.0 Å². The van der Waals surface area contributed by atoms with Gasteiger partial charge in [-0.25, -0.2) is 8.42 Å². The Balaban J connectivity index is 1.59. The average Bonchev–Trinajstić information content (AvgIpc) is 3.06. The number of thioether (sulfide) groups is 1. The van der Waals surface area contributed by atoms with Crippen molar-refractivity contribution in [3.8, 4) is 0 Å². The van der Waals surface area contributed by atoms with Crippen molar-refractivity contribution < 1.29 is 8.42 Å². The first-order valence-electron chi connectivity index (χ1n) is 8.02. The van der Waals surface area contributed by atoms with Crippen LogP contribution in [0.4, 0.5) is 5.69 Å². The number of para-hydroxylation sites is 1. The Morgan fingerprint density at radius 1 is 1.08 bits per heavy atom. The third kappa shape index (κ3) is 3.64. The summed E-state index contributed by atoms with van der Waals surface area (Å²) in [5, 5.41) is 0.916. The van der Waals surface area contributed by atoms with Crippen LogP contribution in [0.5, 0.6) is 0 Å². The number of benzene rings is 2. The van der Waals surface area contributed by atoms with E-state index in [0.717, 1.165) is 21.1 Å². The molecule has 0 N–H and O–H groups in total. The summed E-state index contributed by atoms with van der Waals surface area (Å²) in [4.78, 5) is 6.86. The van der Waals surface area contributed by atoms with Crippen molar-refractivity contribution in [1.29, 1.82) is 0 Å². The van der Waals surface area contributed by atoms with Crippen LogP contribution in [0.3, 0.4) is 0 Å². The van der Waals surface area contributed by atoms with Crippen LogP contribution in [0, 0.1) is 0 Å². The lowest BCUT2D eigenvalue weighted by Gasteiger charge is -2.26. The number of rotatable bonds is 3. The number of nitrogens with zero attached hydrogens (tertiary/aromatic N) is 2. The summed E-state index contributed by atoms with van der Waals surface area (Å²) in [6, 6.07) is 17.9. The number of hydrogen-bond donors (Lipinski definition) is 0. The van der Waals surface area contributed by atoms with Gasteiger partial charge in [-0.2, -0.15) is 0 Å². The summed E-state index contributed by atoms with van der Waals surface area (Å²) in [6.07, 6.45) is 0. The Kier molecular flexibility index (Phi) is 4.64. The van der Waals surface area contributed by atoms with Crippen LogP contribution in [0.25, 0.3) is 0 Å². The molecule has 2 aromatic carbocycles. The van der Waals surface area contributed by atoms with Gasteiger partial charge in [0.1, 0.15) is 0 Å². The predicted molar refractivity (Wildman–Crippen MR) is 108 cm³/mol. The first-order chi connectivity index (χ1) is 12.0. The van der Waals surface area contributed by atoms with Crippen molar-refractivity contribution in [3.05, 3.63) is 64.6 Å². The molecular weight excluding hydrogens is 420 g/mol. The Labute approximate surface area is 160 Å². The fraction of sp³-hybridized carbons (Fsp3) is 0.278. The molecule has 2 aliphatic heterocycles. The van der Waals surface area contributed by atoms with Gasteiger partial charge in [0, 0.05) is 15.9 Å². The molecule has 0 spiro atoms. The highest BCUT2D eigenvalue weighted by molar-refractivity contribution is 9.10. The van der Waals surface area contributed by atoms with Crippen molar-refractivity contribution in [2.45, 2.75) is 17.8 Å². The molecule has 130 valence electrons. The molecule has 0 aromatic heterocycles. The number of anilines is 1. The molecule has 4 rings (SSSR count). The molecule has 0 aliphatic carbocycles. The first kappa shape index (κ1) is 17.1. The van der Waals surface area contributed by atoms with Crippen LogP contribution in [-0.4, -0.2) is 37.2 Å². The molecule has 0 amide bonds. The van der Waals surface area contributed by atoms with Gasteiger partial charge in [-0.15, -0.1) is 0 Å². The topological polar surface area (TPSA) is 49.7 Å². The lowest BCUT2D eigenvalue weighted by atomic mass is 10.1. The van der Waals surface area contributed by atoms with Gasteiger partial charge in [-0.3, -0.25) is 4.99 Å². The second kappa shape index (κ2) is 6.78. The Morgan fingerprint density at radius 3 is 2.52 bits per heavy atom. The fourth-order valence-corrected chi connectivity index (χ4v) is 6.44. The zero-order chi connectivity index (χ0) is 17.4. The highest BCUT2D eigenvalue weighted by atomic mass is 79.9. The molecule has 2 atom stereocenters. The van der Waals surface area contributed by atoms with E-state index < -0.39 is 9.84 Å². The second-order valence-electron chi connectivity index (χ2n) is 6.24. The first-order valence-corrected chi connectivity index (χ1v) is 11.6. The fourth-order valence-electron chi connectivity index (χ4n) is 3.25. The maximum Gasteiger partial charge on any atom is 0.164 e. The Bertz CT molecular complexity index is 898. The van der Waals surface area contributed by atoms with E-state index >= 15 is 0 Å². The predicted octanol–water partition coefficient (Wildman–Crippen LogP) is 3.72. The number of fused-ring (bicyclic) bond motifs is 1. The van der Waals surface area contributed by atoms with Gasteiger partial charge >= 0.3 is 0 Å². The summed E-state index contributed by atoms with van der Waals surface area (Å²) in [6.45, 7) is 0. The van der Waals surface area contributed by atoms with Crippen molar-refractivity contribution in [3.63, 3.8) is 0 Å². The second-order valence-corrected chi connectivity index (χ2v) is 10.3. The van der Waals surface area contributed by atoms with E-state index in [1.165, 1.54) is 5.56 Å². The summed E-state index contributed by atoms with van der Waals surface area (Å²) in [5.74, 6) is 1.14. The molecule has 0 radical (unpaired) electrons. The van der Waals surface area contributed by atoms with Gasteiger partial charge in [0.05, 0.1) is 23.6 Å². The summed E-state index contributed by atoms with van der Waals surface area (Å²) in [7, 11) is -3.00. The van der Waals surface area contributed by atoms with Crippen LogP contribution in [-0.2, 0) is 15.6 Å². The smallest absolute Gasteiger partial charge is 0.164 e. The van der Waals surface area contributed by atoms with Gasteiger partial charge in [0.25, 0.3) is 0 Å². The highest BCUT2D eigenvalue weighted by Crippen LogP contribution is 2.35. The van der Waals surface area contributed by atoms with Crippen LogP contribution in [0.1, 0.15) is 5.56 Å². The molecule has 25 heavy (non-hydrogen) atoms. The molecule has 4 nitrogen and oxygen atoms in total. The van der Waals surface area contributed by atoms with Crippen LogP contribution < -0.4 is 4.90 Å². The number of sulfone groups is 1. The quantitative estimate of drug-likeness (QED) is 0.735. The zero-order valence-electron chi connectivity index (χ0n) is 13.4. The number of aliphatic imine (C=N–C) groups is 1. The van der Waals surface area contributed by atoms with Crippen LogP contribution in [0.15, 0.2) is 64.1 Å². The lowest BCUT2D eigenvalue weighted by Crippen LogP contribution is -2.39. The van der Waals surface area contributed by atoms with Crippen molar-refractivity contribution in [2.75, 3.05) is 16.4 Å². The summed E-state index contributed by atoms with van der Waals surface area (Å²) >= 11 is 5.12. The standard InChI is InChI=1S/C18H17BrN2O2S2/c19-14-8-6-13(7-9-14)10-24-18-20-16-11-25(22,23)12-17(16)21(18)15-4-2-1-3-5-15/h1-9,16-17H,10-12H2. The van der Waals surface area contributed by atoms with E-state index in [9.17, 15) is 8.42 Å². The van der Waals surface area contributed by atoms with Crippen LogP contribution >= 0.6 is 27.7 Å². The zero-order valence-corrected chi connectivity index (χ0v) is 16.6. The molecule has 7 heteroatoms. The molecule has 1 fully saturated rings. The molecule has 0 saturated carbocycles. The van der Waals surface area contributed by atoms with Crippen molar-refractivity contribution in [1.82, 2.24) is 0 Å². The minimum atomic E-state index is -3.00. The molecular formula is C18H17BrN2O2S2. The lowest BCUT2D eigenvalue weighted by molar-refractivity contribution is 0.601. The molecule has 0 bridgehead atoms. The molecule has 2 unspecified atom stereocenters. The largest absolute Gasteiger partial charge is 0.315 e. The van der Waals surface area contributed by atoms with E-state index in [4.69, 9.17) is 4.99 Å². The normalized spacial score (nSPS) is 24.2. The van der Waals surface area contributed by atoms with E-state index in [2.05, 4.69) is 33.0 Å². The molecule has 2 aromatic rings. The van der Waals surface area contributed by atoms with Crippen LogP contribution in [0.2, 0.25) is 0 Å². The summed E-state index contributed by atoms with van der Waals surface area (Å²) < 4.78 is 25.1. The van der Waals surface area contributed by atoms with E-state index in [-0.39, 0.29) is 23.6 Å². The SMILES string of the molecule is O=S1(=O)CC2N=C(SCc3ccc(Br)cc3)N(c3ccccc3)C2C1. The van der Waals surface area contributed by atoms with Gasteiger partial charge in [0.2, 0.25) is 0 Å². The highest BCUT2D eigenvalue weighted by Gasteiger charge is 2.47. The van der Waals surface area contributed by atoms with E-state index in [1.54, 1.807) is 11.8 Å². The van der Waals surface area contributed by atoms with Crippen molar-refractivity contribution >= 4 is 48.4 Å². The Morgan fingerprint density at radius 2 is 1.80 bits per heavy atom. The van der Waals surface area contributed by atoms with E-state index in [1.807, 2.05) is 42.5 Å². The monoisotopic (exact) mass is 436 g/mol. The molecule has 1 saturated heterocycles. The minimum Gasteiger partial charge on any atom is -0.315 e. The van der Waals surface area contributed by atoms with Gasteiger partial charge in [-0.05, 0) is 29.8 Å². The average molecular weight is 437 g/mol. The third-order valence-corrected chi connectivity index (χ3v) is 7.69. The third-order valence-electron chi connectivity index (χ3n) is 4.42. The van der Waals surface area contributed by atoms with Gasteiger partial charge in [-0.1, -0.05) is 58.0 Å². The van der Waals surface area contributed by atoms with E-state index in [0.29, 0.717) is 0 Å². The number of amidine groups is 1.